The van der Waals surface area contributed by atoms with Gasteiger partial charge in [-0.2, -0.15) is 5.26 Å². The minimum Gasteiger partial charge on any atom is -0.381 e. The number of nitrogens with zero attached hydrogens (tertiary/aromatic N) is 5. The van der Waals surface area contributed by atoms with Gasteiger partial charge in [-0.3, -0.25) is 4.90 Å². The molecule has 2 aliphatic heterocycles. The highest BCUT2D eigenvalue weighted by atomic mass is 16.5. The van der Waals surface area contributed by atoms with Gasteiger partial charge in [0.25, 0.3) is 0 Å². The lowest BCUT2D eigenvalue weighted by Gasteiger charge is -2.36. The molecule has 5 heterocycles. The number of hydrogen-bond donors (Lipinski definition) is 1. The number of ether oxygens (including phenoxy) is 1. The number of rotatable bonds is 4. The van der Waals surface area contributed by atoms with E-state index in [1.54, 1.807) is 0 Å². The lowest BCUT2D eigenvalue weighted by atomic mass is 10.0. The Kier molecular flexibility index (Phi) is 4.53. The Morgan fingerprint density at radius 2 is 2.21 bits per heavy atom. The van der Waals surface area contributed by atoms with Crippen LogP contribution in [0.15, 0.2) is 18.5 Å². The minimum atomic E-state index is 0.328. The number of aromatic nitrogens is 4. The normalized spacial score (nSPS) is 22.8. The number of nitrogens with one attached hydrogen (secondary N) is 1. The summed E-state index contributed by atoms with van der Waals surface area (Å²) in [6.45, 7) is 5.78. The van der Waals surface area contributed by atoms with E-state index < -0.39 is 0 Å². The van der Waals surface area contributed by atoms with Crippen molar-refractivity contribution in [1.82, 2.24) is 24.4 Å². The van der Waals surface area contributed by atoms with E-state index in [1.807, 2.05) is 12.4 Å². The molecule has 2 fully saturated rings. The van der Waals surface area contributed by atoms with E-state index >= 15 is 0 Å². The fourth-order valence-corrected chi connectivity index (χ4v) is 4.85. The standard InChI is InChI=1S/C21H26N6O/c1-14(2-7-22)26-9-4-16(5-10-26)27-19-17-3-8-23-20(17)24-12-18(19)25-21(27)15-6-11-28-13-15/h3,8,12,14-16H,2,4-6,9-11,13H2,1H3,(H,23,24). The van der Waals surface area contributed by atoms with E-state index in [0.717, 1.165) is 67.9 Å². The van der Waals surface area contributed by atoms with Gasteiger partial charge in [0, 0.05) is 49.3 Å². The first-order chi connectivity index (χ1) is 13.8. The van der Waals surface area contributed by atoms with Crippen LogP contribution in [0.3, 0.4) is 0 Å². The average Bonchev–Trinajstić information content (AvgIpc) is 3.45. The molecule has 0 bridgehead atoms. The third-order valence-electron chi connectivity index (χ3n) is 6.43. The first kappa shape index (κ1) is 17.7. The van der Waals surface area contributed by atoms with Crippen LogP contribution in [0.2, 0.25) is 0 Å². The van der Waals surface area contributed by atoms with Gasteiger partial charge in [-0.15, -0.1) is 0 Å². The molecule has 3 aromatic heterocycles. The average molecular weight is 378 g/mol. The predicted molar refractivity (Wildman–Crippen MR) is 107 cm³/mol. The van der Waals surface area contributed by atoms with Gasteiger partial charge in [0.05, 0.1) is 30.8 Å². The summed E-state index contributed by atoms with van der Waals surface area (Å²) in [6.07, 6.45) is 7.64. The molecule has 2 atom stereocenters. The van der Waals surface area contributed by atoms with Gasteiger partial charge >= 0.3 is 0 Å². The highest BCUT2D eigenvalue weighted by Gasteiger charge is 2.31. The number of pyridine rings is 1. The summed E-state index contributed by atoms with van der Waals surface area (Å²) in [5.74, 6) is 1.52. The van der Waals surface area contributed by atoms with E-state index in [9.17, 15) is 0 Å². The van der Waals surface area contributed by atoms with Crippen molar-refractivity contribution in [2.24, 2.45) is 0 Å². The first-order valence-corrected chi connectivity index (χ1v) is 10.3. The zero-order chi connectivity index (χ0) is 19.1. The Hall–Kier alpha value is -2.43. The second kappa shape index (κ2) is 7.19. The number of fused-ring (bicyclic) bond motifs is 3. The van der Waals surface area contributed by atoms with Crippen LogP contribution in [-0.4, -0.2) is 56.8 Å². The highest BCUT2D eigenvalue weighted by Crippen LogP contribution is 2.37. The Labute approximate surface area is 164 Å². The Balaban J connectivity index is 1.55. The SMILES string of the molecule is CC(CC#N)N1CCC(n2c(C3CCOC3)nc3cnc4[nH]ccc4c32)CC1. The molecule has 2 aliphatic rings. The van der Waals surface area contributed by atoms with Crippen LogP contribution in [0.4, 0.5) is 0 Å². The Morgan fingerprint density at radius 1 is 1.36 bits per heavy atom. The zero-order valence-corrected chi connectivity index (χ0v) is 16.3. The summed E-state index contributed by atoms with van der Waals surface area (Å²) >= 11 is 0. The quantitative estimate of drug-likeness (QED) is 0.753. The molecule has 7 nitrogen and oxygen atoms in total. The summed E-state index contributed by atoms with van der Waals surface area (Å²) in [7, 11) is 0. The molecule has 0 amide bonds. The van der Waals surface area contributed by atoms with Crippen LogP contribution in [0, 0.1) is 11.3 Å². The fourth-order valence-electron chi connectivity index (χ4n) is 4.85. The van der Waals surface area contributed by atoms with Crippen LogP contribution in [-0.2, 0) is 4.74 Å². The molecule has 0 saturated carbocycles. The smallest absolute Gasteiger partial charge is 0.139 e. The van der Waals surface area contributed by atoms with E-state index in [2.05, 4.69) is 38.5 Å². The molecule has 2 saturated heterocycles. The summed E-state index contributed by atoms with van der Waals surface area (Å²) in [5, 5.41) is 10.2. The Morgan fingerprint density at radius 3 is 2.96 bits per heavy atom. The van der Waals surface area contributed by atoms with Gasteiger partial charge in [-0.1, -0.05) is 0 Å². The van der Waals surface area contributed by atoms with Crippen molar-refractivity contribution in [3.8, 4) is 6.07 Å². The number of imidazole rings is 1. The van der Waals surface area contributed by atoms with E-state index in [4.69, 9.17) is 15.0 Å². The van der Waals surface area contributed by atoms with Crippen LogP contribution in [0.1, 0.15) is 50.4 Å². The van der Waals surface area contributed by atoms with Gasteiger partial charge in [0.2, 0.25) is 0 Å². The third kappa shape index (κ3) is 2.88. The van der Waals surface area contributed by atoms with Crippen molar-refractivity contribution < 1.29 is 4.74 Å². The number of aromatic amines is 1. The molecule has 28 heavy (non-hydrogen) atoms. The Bertz CT molecular complexity index is 1020. The molecule has 7 heteroatoms. The lowest BCUT2D eigenvalue weighted by Crippen LogP contribution is -2.40. The van der Waals surface area contributed by atoms with Crippen LogP contribution in [0.5, 0.6) is 0 Å². The van der Waals surface area contributed by atoms with Crippen molar-refractivity contribution >= 4 is 22.1 Å². The molecular formula is C21H26N6O. The lowest BCUT2D eigenvalue weighted by molar-refractivity contribution is 0.144. The van der Waals surface area contributed by atoms with Gasteiger partial charge in [-0.25, -0.2) is 9.97 Å². The van der Waals surface area contributed by atoms with E-state index in [0.29, 0.717) is 24.4 Å². The summed E-state index contributed by atoms with van der Waals surface area (Å²) in [4.78, 5) is 15.3. The number of nitriles is 1. The molecule has 2 unspecified atom stereocenters. The second-order valence-electron chi connectivity index (χ2n) is 8.11. The van der Waals surface area contributed by atoms with Crippen molar-refractivity contribution in [3.63, 3.8) is 0 Å². The highest BCUT2D eigenvalue weighted by molar-refractivity contribution is 6.01. The van der Waals surface area contributed by atoms with Crippen LogP contribution >= 0.6 is 0 Å². The molecule has 146 valence electrons. The molecule has 0 spiro atoms. The fraction of sp³-hybridized carbons (Fsp3) is 0.571. The second-order valence-corrected chi connectivity index (χ2v) is 8.11. The molecular weight excluding hydrogens is 352 g/mol. The summed E-state index contributed by atoms with van der Waals surface area (Å²) in [6, 6.07) is 5.17. The van der Waals surface area contributed by atoms with Crippen molar-refractivity contribution in [2.45, 2.75) is 50.6 Å². The maximum atomic E-state index is 9.02. The number of hydrogen-bond acceptors (Lipinski definition) is 5. The zero-order valence-electron chi connectivity index (χ0n) is 16.3. The number of H-pyrrole nitrogens is 1. The summed E-state index contributed by atoms with van der Waals surface area (Å²) in [5.41, 5.74) is 3.11. The molecule has 0 radical (unpaired) electrons. The van der Waals surface area contributed by atoms with E-state index in [-0.39, 0.29) is 0 Å². The topological polar surface area (TPSA) is 82.8 Å². The van der Waals surface area contributed by atoms with E-state index in [1.165, 1.54) is 5.52 Å². The minimum absolute atomic E-state index is 0.328. The van der Waals surface area contributed by atoms with Crippen LogP contribution in [0.25, 0.3) is 22.1 Å². The molecule has 0 aliphatic carbocycles. The van der Waals surface area contributed by atoms with Crippen molar-refractivity contribution in [1.29, 1.82) is 5.26 Å². The monoisotopic (exact) mass is 378 g/mol. The van der Waals surface area contributed by atoms with Gasteiger partial charge in [-0.05, 0) is 32.3 Å². The third-order valence-corrected chi connectivity index (χ3v) is 6.43. The number of likely N-dealkylation sites (tertiary alicyclic amines) is 1. The van der Waals surface area contributed by atoms with Gasteiger partial charge in [0.15, 0.2) is 0 Å². The maximum absolute atomic E-state index is 9.02. The van der Waals surface area contributed by atoms with Gasteiger partial charge < -0.3 is 14.3 Å². The number of piperidine rings is 1. The van der Waals surface area contributed by atoms with Crippen LogP contribution < -0.4 is 0 Å². The maximum Gasteiger partial charge on any atom is 0.139 e. The molecule has 0 aromatic carbocycles. The molecule has 5 rings (SSSR count). The molecule has 3 aromatic rings. The predicted octanol–water partition coefficient (Wildman–Crippen LogP) is 3.36. The summed E-state index contributed by atoms with van der Waals surface area (Å²) < 4.78 is 8.18. The largest absolute Gasteiger partial charge is 0.381 e. The van der Waals surface area contributed by atoms with Gasteiger partial charge in [0.1, 0.15) is 17.0 Å². The van der Waals surface area contributed by atoms with Crippen molar-refractivity contribution in [2.75, 3.05) is 26.3 Å². The molecule has 1 N–H and O–H groups in total. The first-order valence-electron chi connectivity index (χ1n) is 10.3. The van der Waals surface area contributed by atoms with Crippen molar-refractivity contribution in [3.05, 3.63) is 24.3 Å².